The van der Waals surface area contributed by atoms with Gasteiger partial charge in [-0.15, -0.1) is 5.10 Å². The quantitative estimate of drug-likeness (QED) is 0.190. The van der Waals surface area contributed by atoms with Crippen molar-refractivity contribution in [3.8, 4) is 5.69 Å². The van der Waals surface area contributed by atoms with E-state index in [-0.39, 0.29) is 41.6 Å². The van der Waals surface area contributed by atoms with Crippen molar-refractivity contribution in [2.75, 3.05) is 0 Å². The molecule has 4 aromatic rings. The van der Waals surface area contributed by atoms with E-state index in [1.54, 1.807) is 12.1 Å². The maximum Gasteiger partial charge on any atom is 0.338 e. The Bertz CT molecular complexity index is 1640. The van der Waals surface area contributed by atoms with E-state index in [4.69, 9.17) is 20.3 Å². The number of benzene rings is 3. The minimum absolute atomic E-state index is 0.0556. The molecule has 12 nitrogen and oxygen atoms in total. The highest BCUT2D eigenvalue weighted by Crippen LogP contribution is 2.22. The number of ether oxygens (including phenoxy) is 1. The van der Waals surface area contributed by atoms with Gasteiger partial charge in [-0.3, -0.25) is 10.4 Å². The number of primary sulfonamides is 1. The summed E-state index contributed by atoms with van der Waals surface area (Å²) in [6.07, 6.45) is 0.271. The van der Waals surface area contributed by atoms with Gasteiger partial charge < -0.3 is 4.74 Å². The molecule has 3 aromatic carbocycles. The van der Waals surface area contributed by atoms with Crippen LogP contribution in [0.15, 0.2) is 65.6 Å². The van der Waals surface area contributed by atoms with Gasteiger partial charge >= 0.3 is 5.97 Å². The molecule has 0 saturated carbocycles. The van der Waals surface area contributed by atoms with Gasteiger partial charge in [-0.25, -0.2) is 37.2 Å². The molecule has 0 bridgehead atoms. The van der Waals surface area contributed by atoms with E-state index in [0.717, 1.165) is 22.8 Å². The van der Waals surface area contributed by atoms with Crippen LogP contribution in [0.1, 0.15) is 44.3 Å². The molecule has 4 rings (SSSR count). The van der Waals surface area contributed by atoms with Crippen LogP contribution in [-0.4, -0.2) is 45.0 Å². The molecule has 0 aliphatic heterocycles. The maximum atomic E-state index is 15.1. The second-order valence-electron chi connectivity index (χ2n) is 8.92. The topological polar surface area (TPSA) is 170 Å². The zero-order chi connectivity index (χ0) is 29.0. The smallest absolute Gasteiger partial charge is 0.338 e. The summed E-state index contributed by atoms with van der Waals surface area (Å²) in [6, 6.07) is 15.1. The summed E-state index contributed by atoms with van der Waals surface area (Å²) in [5.74, 6) is -1.11. The molecule has 40 heavy (non-hydrogen) atoms. The monoisotopic (exact) mass is 571 g/mol. The molecule has 0 unspecified atom stereocenters. The number of nitrogens with two attached hydrogens (primary N) is 1. The van der Waals surface area contributed by atoms with E-state index >= 15 is 4.39 Å². The summed E-state index contributed by atoms with van der Waals surface area (Å²) in [5.41, 5.74) is 3.66. The van der Waals surface area contributed by atoms with E-state index < -0.39 is 27.2 Å². The lowest BCUT2D eigenvalue weighted by atomic mass is 10.0. The van der Waals surface area contributed by atoms with E-state index in [1.165, 1.54) is 28.9 Å². The average Bonchev–Trinajstić information content (AvgIpc) is 3.30. The highest BCUT2D eigenvalue weighted by atomic mass is 32.2. The van der Waals surface area contributed by atoms with E-state index in [0.29, 0.717) is 11.4 Å². The van der Waals surface area contributed by atoms with Gasteiger partial charge in [0, 0.05) is 6.42 Å². The Kier molecular flexibility index (Phi) is 8.68. The molecule has 1 heterocycles. The molecule has 14 heteroatoms. The third-order valence-corrected chi connectivity index (χ3v) is 6.83. The lowest BCUT2D eigenvalue weighted by molar-refractivity contribution is -0.497. The van der Waals surface area contributed by atoms with Crippen LogP contribution in [0.4, 0.5) is 4.39 Å². The summed E-state index contributed by atoms with van der Waals surface area (Å²) in [7, 11) is -4.12. The Balaban J connectivity index is 1.60. The van der Waals surface area contributed by atoms with Gasteiger partial charge in [0.25, 0.3) is 0 Å². The van der Waals surface area contributed by atoms with Crippen LogP contribution in [0.5, 0.6) is 0 Å². The third-order valence-electron chi connectivity index (χ3n) is 5.92. The fourth-order valence-corrected chi connectivity index (χ4v) is 4.37. The normalized spacial score (nSPS) is 11.7. The SMILES string of the molecule is Cc1ccc(C)c(Cc2nc(COC(=O)c3ccc(CON(O)O)cc3)nn2-c2ccc(S(N)(=O)=O)cc2F)c1. The second kappa shape index (κ2) is 12.0. The summed E-state index contributed by atoms with van der Waals surface area (Å²) >= 11 is 0. The highest BCUT2D eigenvalue weighted by Gasteiger charge is 2.20. The van der Waals surface area contributed by atoms with Crippen LogP contribution in [0.2, 0.25) is 0 Å². The van der Waals surface area contributed by atoms with Crippen molar-refractivity contribution in [1.29, 1.82) is 0 Å². The van der Waals surface area contributed by atoms with Crippen LogP contribution < -0.4 is 5.14 Å². The van der Waals surface area contributed by atoms with Crippen LogP contribution >= 0.6 is 0 Å². The van der Waals surface area contributed by atoms with Gasteiger partial charge in [0.15, 0.2) is 12.4 Å². The lowest BCUT2D eigenvalue weighted by Gasteiger charge is -2.10. The van der Waals surface area contributed by atoms with Crippen molar-refractivity contribution in [2.24, 2.45) is 5.14 Å². The Hall–Kier alpha value is -4.05. The number of nitrogens with zero attached hydrogens (tertiary/aromatic N) is 4. The molecule has 0 radical (unpaired) electrons. The molecule has 0 atom stereocenters. The van der Waals surface area contributed by atoms with Gasteiger partial charge in [0.2, 0.25) is 10.0 Å². The first-order valence-electron chi connectivity index (χ1n) is 11.8. The molecule has 0 spiro atoms. The first-order chi connectivity index (χ1) is 18.9. The zero-order valence-corrected chi connectivity index (χ0v) is 22.3. The molecule has 1 aromatic heterocycles. The van der Waals surface area contributed by atoms with Crippen LogP contribution in [0.3, 0.4) is 0 Å². The Morgan fingerprint density at radius 1 is 1.05 bits per heavy atom. The van der Waals surface area contributed by atoms with Crippen molar-refractivity contribution < 1.29 is 37.6 Å². The van der Waals surface area contributed by atoms with Gasteiger partial charge in [0.05, 0.1) is 22.5 Å². The molecule has 0 fully saturated rings. The maximum absolute atomic E-state index is 15.1. The Morgan fingerprint density at radius 2 is 1.77 bits per heavy atom. The van der Waals surface area contributed by atoms with Gasteiger partial charge in [-0.05, 0) is 60.9 Å². The van der Waals surface area contributed by atoms with Crippen molar-refractivity contribution in [2.45, 2.75) is 38.4 Å². The number of sulfonamides is 1. The predicted octanol–water partition coefficient (Wildman–Crippen LogP) is 3.13. The lowest BCUT2D eigenvalue weighted by Crippen LogP contribution is -2.14. The minimum Gasteiger partial charge on any atom is -0.454 e. The number of carbonyl (C=O) groups excluding carboxylic acids is 1. The molecule has 0 amide bonds. The molecule has 0 aliphatic rings. The van der Waals surface area contributed by atoms with E-state index in [9.17, 15) is 13.2 Å². The van der Waals surface area contributed by atoms with E-state index in [1.807, 2.05) is 32.0 Å². The summed E-state index contributed by atoms with van der Waals surface area (Å²) in [4.78, 5) is 21.2. The fraction of sp³-hybridized carbons (Fsp3) is 0.192. The molecule has 0 aliphatic carbocycles. The van der Waals surface area contributed by atoms with Gasteiger partial charge in [0.1, 0.15) is 17.3 Å². The van der Waals surface area contributed by atoms with Gasteiger partial charge in [-0.1, -0.05) is 35.9 Å². The summed E-state index contributed by atoms with van der Waals surface area (Å²) in [6.45, 7) is 3.41. The van der Waals surface area contributed by atoms with Crippen LogP contribution in [0.25, 0.3) is 5.69 Å². The van der Waals surface area contributed by atoms with Crippen molar-refractivity contribution in [1.82, 2.24) is 20.2 Å². The Labute approximate surface area is 228 Å². The van der Waals surface area contributed by atoms with Crippen LogP contribution in [-0.2, 0) is 39.2 Å². The van der Waals surface area contributed by atoms with Gasteiger partial charge in [-0.2, -0.15) is 0 Å². The number of halogens is 1. The van der Waals surface area contributed by atoms with E-state index in [2.05, 4.69) is 14.9 Å². The zero-order valence-electron chi connectivity index (χ0n) is 21.5. The first kappa shape index (κ1) is 28.9. The Morgan fingerprint density at radius 3 is 2.42 bits per heavy atom. The minimum atomic E-state index is -4.12. The first-order valence-corrected chi connectivity index (χ1v) is 13.4. The molecular formula is C26H26FN5O7S. The number of hydrogen-bond donors (Lipinski definition) is 3. The van der Waals surface area contributed by atoms with Crippen LogP contribution in [0, 0.1) is 19.7 Å². The number of carbonyl (C=O) groups is 1. The number of aromatic nitrogens is 3. The predicted molar refractivity (Wildman–Crippen MR) is 137 cm³/mol. The van der Waals surface area contributed by atoms with Crippen molar-refractivity contribution >= 4 is 16.0 Å². The highest BCUT2D eigenvalue weighted by molar-refractivity contribution is 7.89. The van der Waals surface area contributed by atoms with Crippen molar-refractivity contribution in [3.05, 3.63) is 106 Å². The third kappa shape index (κ3) is 7.12. The number of aryl methyl sites for hydroxylation is 2. The van der Waals surface area contributed by atoms with Crippen molar-refractivity contribution in [3.63, 3.8) is 0 Å². The summed E-state index contributed by atoms with van der Waals surface area (Å²) < 4.78 is 45.0. The molecule has 210 valence electrons. The number of hydrogen-bond acceptors (Lipinski definition) is 10. The number of esters is 1. The average molecular weight is 572 g/mol. The fourth-order valence-electron chi connectivity index (χ4n) is 3.84. The largest absolute Gasteiger partial charge is 0.454 e. The standard InChI is InChI=1S/C26H26FN5O7S/c1-16-3-4-17(2)20(11-16)12-25-29-24(30-31(25)23-10-9-21(13-22(23)27)40(28,36)37)15-38-26(33)19-7-5-18(6-8-19)14-39-32(34)35/h3-11,13,34-35H,12,14-15H2,1-2H3,(H2,28,36,37). The molecule has 0 saturated heterocycles. The summed E-state index contributed by atoms with van der Waals surface area (Å²) in [5, 5.41) is 26.3. The second-order valence-corrected chi connectivity index (χ2v) is 10.5. The molecule has 4 N–H and O–H groups in total. The number of rotatable bonds is 10. The molecular weight excluding hydrogens is 545 g/mol.